The third-order valence-corrected chi connectivity index (χ3v) is 3.33. The van der Waals surface area contributed by atoms with E-state index in [1.165, 1.54) is 12.1 Å². The molecule has 0 aromatic heterocycles. The second-order valence-electron chi connectivity index (χ2n) is 4.65. The van der Waals surface area contributed by atoms with Crippen molar-refractivity contribution in [2.45, 2.75) is 12.8 Å². The van der Waals surface area contributed by atoms with Crippen molar-refractivity contribution in [3.8, 4) is 5.75 Å². The molecular formula is C13H17FN2O2. The van der Waals surface area contributed by atoms with E-state index in [9.17, 15) is 9.18 Å². The molecule has 18 heavy (non-hydrogen) atoms. The smallest absolute Gasteiger partial charge is 0.256 e. The Bertz CT molecular complexity index is 451. The summed E-state index contributed by atoms with van der Waals surface area (Å²) in [6.07, 6.45) is 1.81. The molecule has 1 saturated heterocycles. The van der Waals surface area contributed by atoms with Crippen LogP contribution in [0, 0.1) is 11.7 Å². The minimum absolute atomic E-state index is 0.0150. The number of hydrogen-bond acceptors (Lipinski definition) is 3. The quantitative estimate of drug-likeness (QED) is 0.853. The van der Waals surface area contributed by atoms with Crippen molar-refractivity contribution < 1.29 is 14.3 Å². The lowest BCUT2D eigenvalue weighted by Gasteiger charge is -2.17. The third kappa shape index (κ3) is 2.61. The summed E-state index contributed by atoms with van der Waals surface area (Å²) >= 11 is 0. The summed E-state index contributed by atoms with van der Waals surface area (Å²) in [6.45, 7) is 1.89. The van der Waals surface area contributed by atoms with Crippen LogP contribution in [0.1, 0.15) is 23.2 Å². The van der Waals surface area contributed by atoms with E-state index in [1.807, 2.05) is 0 Å². The van der Waals surface area contributed by atoms with E-state index in [0.717, 1.165) is 18.9 Å². The number of nitrogens with zero attached hydrogens (tertiary/aromatic N) is 1. The fraction of sp³-hybridized carbons (Fsp3) is 0.462. The first-order valence-corrected chi connectivity index (χ1v) is 6.09. The van der Waals surface area contributed by atoms with Gasteiger partial charge in [-0.25, -0.2) is 4.39 Å². The average molecular weight is 252 g/mol. The van der Waals surface area contributed by atoms with Crippen molar-refractivity contribution in [1.29, 1.82) is 0 Å². The van der Waals surface area contributed by atoms with E-state index >= 15 is 0 Å². The molecule has 98 valence electrons. The van der Waals surface area contributed by atoms with Gasteiger partial charge >= 0.3 is 0 Å². The maximum atomic E-state index is 13.6. The Hall–Kier alpha value is -1.62. The van der Waals surface area contributed by atoms with Gasteiger partial charge in [-0.3, -0.25) is 4.79 Å². The molecule has 0 saturated carbocycles. The van der Waals surface area contributed by atoms with Crippen molar-refractivity contribution in [1.82, 2.24) is 4.90 Å². The van der Waals surface area contributed by atoms with Gasteiger partial charge in [0.15, 0.2) is 0 Å². The Morgan fingerprint density at radius 1 is 1.56 bits per heavy atom. The summed E-state index contributed by atoms with van der Waals surface area (Å²) in [5.41, 5.74) is 5.51. The lowest BCUT2D eigenvalue weighted by molar-refractivity contribution is 0.0782. The van der Waals surface area contributed by atoms with Gasteiger partial charge in [-0.1, -0.05) is 0 Å². The van der Waals surface area contributed by atoms with E-state index in [0.29, 0.717) is 25.6 Å². The van der Waals surface area contributed by atoms with Crippen LogP contribution >= 0.6 is 0 Å². The number of carbonyl (C=O) groups is 1. The summed E-state index contributed by atoms with van der Waals surface area (Å²) in [5.74, 6) is -0.750. The van der Waals surface area contributed by atoms with Gasteiger partial charge in [0.05, 0.1) is 5.56 Å². The number of rotatable bonds is 3. The van der Waals surface area contributed by atoms with Crippen LogP contribution < -0.4 is 5.73 Å². The molecule has 1 aliphatic rings. The number of nitrogens with two attached hydrogens (primary N) is 1. The van der Waals surface area contributed by atoms with E-state index in [-0.39, 0.29) is 17.2 Å². The molecule has 1 atom stereocenters. The molecule has 1 aromatic carbocycles. The molecule has 1 fully saturated rings. The van der Waals surface area contributed by atoms with Gasteiger partial charge in [-0.2, -0.15) is 0 Å². The second-order valence-corrected chi connectivity index (χ2v) is 4.65. The van der Waals surface area contributed by atoms with Crippen LogP contribution in [0.15, 0.2) is 18.2 Å². The Labute approximate surface area is 105 Å². The van der Waals surface area contributed by atoms with Crippen LogP contribution in [0.25, 0.3) is 0 Å². The Kier molecular flexibility index (Phi) is 3.81. The predicted octanol–water partition coefficient (Wildman–Crippen LogP) is 1.34. The summed E-state index contributed by atoms with van der Waals surface area (Å²) < 4.78 is 13.6. The zero-order valence-electron chi connectivity index (χ0n) is 10.1. The second kappa shape index (κ2) is 5.35. The number of benzene rings is 1. The first-order valence-electron chi connectivity index (χ1n) is 6.09. The first-order chi connectivity index (χ1) is 8.61. The molecule has 0 radical (unpaired) electrons. The molecule has 0 spiro atoms. The zero-order valence-corrected chi connectivity index (χ0v) is 10.1. The highest BCUT2D eigenvalue weighted by atomic mass is 19.1. The molecule has 0 aliphatic carbocycles. The molecule has 2 rings (SSSR count). The zero-order chi connectivity index (χ0) is 13.1. The van der Waals surface area contributed by atoms with Crippen LogP contribution in [0.3, 0.4) is 0 Å². The van der Waals surface area contributed by atoms with Gasteiger partial charge in [-0.15, -0.1) is 0 Å². The number of carbonyl (C=O) groups excluding carboxylic acids is 1. The van der Waals surface area contributed by atoms with E-state index in [1.54, 1.807) is 4.90 Å². The molecular weight excluding hydrogens is 235 g/mol. The Balaban J connectivity index is 2.08. The van der Waals surface area contributed by atoms with Crippen LogP contribution in [-0.4, -0.2) is 35.5 Å². The molecule has 5 heteroatoms. The van der Waals surface area contributed by atoms with Gasteiger partial charge in [0.1, 0.15) is 11.6 Å². The SMILES string of the molecule is NCCC1CCN(C(=O)c2ccc(O)cc2F)C1. The highest BCUT2D eigenvalue weighted by Gasteiger charge is 2.27. The largest absolute Gasteiger partial charge is 0.508 e. The molecule has 1 heterocycles. The van der Waals surface area contributed by atoms with Crippen molar-refractivity contribution in [3.05, 3.63) is 29.6 Å². The molecule has 1 unspecified atom stereocenters. The van der Waals surface area contributed by atoms with Gasteiger partial charge < -0.3 is 15.7 Å². The van der Waals surface area contributed by atoms with Crippen LogP contribution in [0.5, 0.6) is 5.75 Å². The summed E-state index contributed by atoms with van der Waals surface area (Å²) in [4.78, 5) is 13.8. The number of hydrogen-bond donors (Lipinski definition) is 2. The normalized spacial score (nSPS) is 19.2. The Morgan fingerprint density at radius 2 is 2.33 bits per heavy atom. The monoisotopic (exact) mass is 252 g/mol. The Morgan fingerprint density at radius 3 is 3.00 bits per heavy atom. The average Bonchev–Trinajstić information content (AvgIpc) is 2.77. The number of phenolic OH excluding ortho intramolecular Hbond substituents is 1. The molecule has 1 aliphatic heterocycles. The number of aromatic hydroxyl groups is 1. The highest BCUT2D eigenvalue weighted by Crippen LogP contribution is 2.23. The minimum Gasteiger partial charge on any atom is -0.508 e. The topological polar surface area (TPSA) is 66.6 Å². The lowest BCUT2D eigenvalue weighted by atomic mass is 10.1. The summed E-state index contributed by atoms with van der Waals surface area (Å²) in [6, 6.07) is 3.60. The molecule has 0 bridgehead atoms. The molecule has 1 amide bonds. The summed E-state index contributed by atoms with van der Waals surface area (Å²) in [7, 11) is 0. The van der Waals surface area contributed by atoms with Crippen molar-refractivity contribution >= 4 is 5.91 Å². The maximum absolute atomic E-state index is 13.6. The molecule has 4 nitrogen and oxygen atoms in total. The van der Waals surface area contributed by atoms with Crippen LogP contribution in [-0.2, 0) is 0 Å². The lowest BCUT2D eigenvalue weighted by Crippen LogP contribution is -2.29. The number of halogens is 1. The number of amides is 1. The van der Waals surface area contributed by atoms with Gasteiger partial charge in [-0.05, 0) is 37.4 Å². The number of likely N-dealkylation sites (tertiary alicyclic amines) is 1. The van der Waals surface area contributed by atoms with E-state index in [4.69, 9.17) is 10.8 Å². The van der Waals surface area contributed by atoms with Gasteiger partial charge in [0.2, 0.25) is 0 Å². The minimum atomic E-state index is -0.678. The highest BCUT2D eigenvalue weighted by molar-refractivity contribution is 5.94. The maximum Gasteiger partial charge on any atom is 0.256 e. The molecule has 3 N–H and O–H groups in total. The third-order valence-electron chi connectivity index (χ3n) is 3.33. The standard InChI is InChI=1S/C13H17FN2O2/c14-12-7-10(17)1-2-11(12)13(18)16-6-4-9(8-16)3-5-15/h1-2,7,9,17H,3-6,8,15H2. The van der Waals surface area contributed by atoms with Crippen LogP contribution in [0.4, 0.5) is 4.39 Å². The van der Waals surface area contributed by atoms with Gasteiger partial charge in [0.25, 0.3) is 5.91 Å². The van der Waals surface area contributed by atoms with E-state index in [2.05, 4.69) is 0 Å². The van der Waals surface area contributed by atoms with Crippen molar-refractivity contribution in [2.24, 2.45) is 11.7 Å². The van der Waals surface area contributed by atoms with Crippen LogP contribution in [0.2, 0.25) is 0 Å². The first kappa shape index (κ1) is 12.8. The predicted molar refractivity (Wildman–Crippen MR) is 65.7 cm³/mol. The van der Waals surface area contributed by atoms with E-state index < -0.39 is 5.82 Å². The van der Waals surface area contributed by atoms with Gasteiger partial charge in [0, 0.05) is 19.2 Å². The summed E-state index contributed by atoms with van der Waals surface area (Å²) in [5, 5.41) is 9.12. The van der Waals surface area contributed by atoms with Crippen molar-refractivity contribution in [3.63, 3.8) is 0 Å². The number of phenols is 1. The fourth-order valence-electron chi connectivity index (χ4n) is 2.34. The van der Waals surface area contributed by atoms with Crippen molar-refractivity contribution in [2.75, 3.05) is 19.6 Å². The fourth-order valence-corrected chi connectivity index (χ4v) is 2.34. The molecule has 1 aromatic rings.